The lowest BCUT2D eigenvalue weighted by Gasteiger charge is -2.22. The van der Waals surface area contributed by atoms with E-state index >= 15 is 0 Å². The highest BCUT2D eigenvalue weighted by Crippen LogP contribution is 2.25. The van der Waals surface area contributed by atoms with Crippen LogP contribution in [0.3, 0.4) is 0 Å². The summed E-state index contributed by atoms with van der Waals surface area (Å²) in [7, 11) is 1.56. The SMILES string of the molecule is CC(C)Oc1ccccc1[C@@H](C)NC(=O)C1=NN(C)C(=O)CC1. The maximum absolute atomic E-state index is 12.3. The molecule has 124 valence electrons. The summed E-state index contributed by atoms with van der Waals surface area (Å²) in [6.07, 6.45) is 0.734. The summed E-state index contributed by atoms with van der Waals surface area (Å²) in [5.41, 5.74) is 1.29. The summed E-state index contributed by atoms with van der Waals surface area (Å²) < 4.78 is 5.79. The second kappa shape index (κ2) is 7.26. The molecule has 1 aliphatic heterocycles. The van der Waals surface area contributed by atoms with Crippen molar-refractivity contribution in [1.82, 2.24) is 10.3 Å². The average Bonchev–Trinajstić information content (AvgIpc) is 2.49. The van der Waals surface area contributed by atoms with Gasteiger partial charge < -0.3 is 10.1 Å². The standard InChI is InChI=1S/C17H23N3O3/c1-11(2)23-15-8-6-5-7-13(15)12(3)18-17(22)14-9-10-16(21)20(4)19-14/h5-8,11-12H,9-10H2,1-4H3,(H,18,22)/t12-/m1/s1. The van der Waals surface area contributed by atoms with Crippen molar-refractivity contribution in [2.45, 2.75) is 45.8 Å². The monoisotopic (exact) mass is 317 g/mol. The highest BCUT2D eigenvalue weighted by molar-refractivity contribution is 6.39. The lowest BCUT2D eigenvalue weighted by atomic mass is 10.1. The third-order valence-corrected chi connectivity index (χ3v) is 3.57. The topological polar surface area (TPSA) is 71.0 Å². The van der Waals surface area contributed by atoms with Crippen LogP contribution in [0.5, 0.6) is 5.75 Å². The number of para-hydroxylation sites is 1. The second-order valence-corrected chi connectivity index (χ2v) is 5.86. The Balaban J connectivity index is 2.10. The Morgan fingerprint density at radius 2 is 1.96 bits per heavy atom. The van der Waals surface area contributed by atoms with Crippen molar-refractivity contribution in [3.63, 3.8) is 0 Å². The van der Waals surface area contributed by atoms with E-state index in [0.717, 1.165) is 11.3 Å². The summed E-state index contributed by atoms with van der Waals surface area (Å²) in [5.74, 6) is 0.426. The molecular formula is C17H23N3O3. The molecule has 0 aromatic heterocycles. The fraction of sp³-hybridized carbons (Fsp3) is 0.471. The summed E-state index contributed by atoms with van der Waals surface area (Å²) >= 11 is 0. The number of benzene rings is 1. The van der Waals surface area contributed by atoms with Crippen molar-refractivity contribution in [2.24, 2.45) is 5.10 Å². The van der Waals surface area contributed by atoms with Crippen LogP contribution in [0.1, 0.15) is 45.2 Å². The van der Waals surface area contributed by atoms with Crippen LogP contribution in [0, 0.1) is 0 Å². The summed E-state index contributed by atoms with van der Waals surface area (Å²) in [6.45, 7) is 5.83. The predicted molar refractivity (Wildman–Crippen MR) is 88.2 cm³/mol. The van der Waals surface area contributed by atoms with E-state index in [9.17, 15) is 9.59 Å². The van der Waals surface area contributed by atoms with E-state index < -0.39 is 0 Å². The van der Waals surface area contributed by atoms with Crippen LogP contribution in [-0.2, 0) is 9.59 Å². The maximum atomic E-state index is 12.3. The molecule has 2 rings (SSSR count). The number of amides is 2. The number of nitrogens with one attached hydrogen (secondary N) is 1. The molecule has 1 heterocycles. The van der Waals surface area contributed by atoms with E-state index in [4.69, 9.17) is 4.74 Å². The normalized spacial score (nSPS) is 16.1. The molecule has 1 N–H and O–H groups in total. The van der Waals surface area contributed by atoms with Gasteiger partial charge in [-0.15, -0.1) is 0 Å². The minimum Gasteiger partial charge on any atom is -0.491 e. The number of ether oxygens (including phenoxy) is 1. The molecule has 1 aliphatic rings. The van der Waals surface area contributed by atoms with Gasteiger partial charge >= 0.3 is 0 Å². The van der Waals surface area contributed by atoms with Gasteiger partial charge in [0.15, 0.2) is 0 Å². The average molecular weight is 317 g/mol. The molecule has 0 spiro atoms. The largest absolute Gasteiger partial charge is 0.491 e. The first-order valence-corrected chi connectivity index (χ1v) is 7.79. The number of rotatable bonds is 5. The Labute approximate surface area is 136 Å². The molecule has 0 fully saturated rings. The zero-order chi connectivity index (χ0) is 17.0. The van der Waals surface area contributed by atoms with E-state index in [1.54, 1.807) is 7.05 Å². The highest BCUT2D eigenvalue weighted by Gasteiger charge is 2.23. The van der Waals surface area contributed by atoms with Gasteiger partial charge in [-0.3, -0.25) is 9.59 Å². The van der Waals surface area contributed by atoms with Crippen molar-refractivity contribution in [2.75, 3.05) is 7.05 Å². The second-order valence-electron chi connectivity index (χ2n) is 5.86. The van der Waals surface area contributed by atoms with Gasteiger partial charge in [0.1, 0.15) is 11.5 Å². The lowest BCUT2D eigenvalue weighted by Crippen LogP contribution is -2.38. The number of hydrogen-bond acceptors (Lipinski definition) is 4. The number of carbonyl (C=O) groups excluding carboxylic acids is 2. The zero-order valence-corrected chi connectivity index (χ0v) is 14.0. The van der Waals surface area contributed by atoms with Gasteiger partial charge in [0.05, 0.1) is 12.1 Å². The Bertz CT molecular complexity index is 625. The molecule has 1 atom stereocenters. The van der Waals surface area contributed by atoms with Crippen LogP contribution in [0.4, 0.5) is 0 Å². The fourth-order valence-corrected chi connectivity index (χ4v) is 2.39. The van der Waals surface area contributed by atoms with E-state index in [-0.39, 0.29) is 24.0 Å². The minimum absolute atomic E-state index is 0.0569. The van der Waals surface area contributed by atoms with Crippen molar-refractivity contribution in [3.05, 3.63) is 29.8 Å². The third-order valence-electron chi connectivity index (χ3n) is 3.57. The summed E-state index contributed by atoms with van der Waals surface area (Å²) in [6, 6.07) is 7.42. The molecule has 6 heteroatoms. The van der Waals surface area contributed by atoms with Crippen LogP contribution in [-0.4, -0.2) is 35.7 Å². The van der Waals surface area contributed by atoms with Crippen LogP contribution < -0.4 is 10.1 Å². The Morgan fingerprint density at radius 1 is 1.26 bits per heavy atom. The quantitative estimate of drug-likeness (QED) is 0.905. The van der Waals surface area contributed by atoms with E-state index in [1.165, 1.54) is 5.01 Å². The van der Waals surface area contributed by atoms with Crippen LogP contribution in [0.2, 0.25) is 0 Å². The number of carbonyl (C=O) groups is 2. The van der Waals surface area contributed by atoms with Gasteiger partial charge in [0.25, 0.3) is 5.91 Å². The highest BCUT2D eigenvalue weighted by atomic mass is 16.5. The molecule has 6 nitrogen and oxygen atoms in total. The first-order valence-electron chi connectivity index (χ1n) is 7.79. The van der Waals surface area contributed by atoms with Crippen LogP contribution in [0.25, 0.3) is 0 Å². The zero-order valence-electron chi connectivity index (χ0n) is 14.0. The molecule has 0 radical (unpaired) electrons. The minimum atomic E-state index is -0.254. The first-order chi connectivity index (χ1) is 10.9. The van der Waals surface area contributed by atoms with Gasteiger partial charge in [0.2, 0.25) is 5.91 Å². The van der Waals surface area contributed by atoms with Crippen molar-refractivity contribution < 1.29 is 14.3 Å². The molecule has 0 aliphatic carbocycles. The van der Waals surface area contributed by atoms with Crippen molar-refractivity contribution >= 4 is 17.5 Å². The Kier molecular flexibility index (Phi) is 5.36. The smallest absolute Gasteiger partial charge is 0.267 e. The maximum Gasteiger partial charge on any atom is 0.267 e. The van der Waals surface area contributed by atoms with Gasteiger partial charge in [-0.25, -0.2) is 5.01 Å². The number of nitrogens with zero attached hydrogens (tertiary/aromatic N) is 2. The van der Waals surface area contributed by atoms with Gasteiger partial charge in [-0.05, 0) is 26.8 Å². The van der Waals surface area contributed by atoms with E-state index in [2.05, 4.69) is 10.4 Å². The van der Waals surface area contributed by atoms with Gasteiger partial charge in [0, 0.05) is 25.5 Å². The first kappa shape index (κ1) is 17.0. The van der Waals surface area contributed by atoms with Crippen molar-refractivity contribution in [1.29, 1.82) is 0 Å². The third kappa shape index (κ3) is 4.31. The molecule has 2 amide bonds. The Morgan fingerprint density at radius 3 is 2.61 bits per heavy atom. The number of hydrogen-bond donors (Lipinski definition) is 1. The summed E-state index contributed by atoms with van der Waals surface area (Å²) in [4.78, 5) is 23.8. The lowest BCUT2D eigenvalue weighted by molar-refractivity contribution is -0.130. The summed E-state index contributed by atoms with van der Waals surface area (Å²) in [5, 5.41) is 8.19. The van der Waals surface area contributed by atoms with E-state index in [0.29, 0.717) is 18.6 Å². The molecule has 23 heavy (non-hydrogen) atoms. The Hall–Kier alpha value is -2.37. The predicted octanol–water partition coefficient (Wildman–Crippen LogP) is 2.26. The molecule has 1 aromatic carbocycles. The molecule has 0 bridgehead atoms. The van der Waals surface area contributed by atoms with Gasteiger partial charge in [-0.1, -0.05) is 18.2 Å². The molecular weight excluding hydrogens is 294 g/mol. The number of hydrazone groups is 1. The van der Waals surface area contributed by atoms with E-state index in [1.807, 2.05) is 45.0 Å². The molecule has 1 aromatic rings. The molecule has 0 unspecified atom stereocenters. The van der Waals surface area contributed by atoms with Gasteiger partial charge in [-0.2, -0.15) is 5.10 Å². The van der Waals surface area contributed by atoms with Crippen LogP contribution in [0.15, 0.2) is 29.4 Å². The molecule has 0 saturated carbocycles. The fourth-order valence-electron chi connectivity index (χ4n) is 2.39. The van der Waals surface area contributed by atoms with Crippen molar-refractivity contribution in [3.8, 4) is 5.75 Å². The molecule has 0 saturated heterocycles. The van der Waals surface area contributed by atoms with Crippen LogP contribution >= 0.6 is 0 Å².